The van der Waals surface area contributed by atoms with Gasteiger partial charge in [-0.15, -0.1) is 0 Å². The van der Waals surface area contributed by atoms with E-state index in [9.17, 15) is 9.59 Å². The van der Waals surface area contributed by atoms with Crippen LogP contribution in [0.2, 0.25) is 0 Å². The summed E-state index contributed by atoms with van der Waals surface area (Å²) in [6.07, 6.45) is -0.645. The van der Waals surface area contributed by atoms with Crippen LogP contribution in [0, 0.1) is 0 Å². The van der Waals surface area contributed by atoms with Gasteiger partial charge in [0.1, 0.15) is 12.6 Å². The first kappa shape index (κ1) is 21.7. The summed E-state index contributed by atoms with van der Waals surface area (Å²) in [6, 6.07) is 15.4. The number of hydrogen-bond acceptors (Lipinski definition) is 4. The lowest BCUT2D eigenvalue weighted by molar-refractivity contribution is -0.113. The minimum Gasteiger partial charge on any atom is -0.449 e. The number of ether oxygens (including phenoxy) is 1. The molecule has 0 fully saturated rings. The maximum absolute atomic E-state index is 11.8. The molecule has 1 aliphatic carbocycles. The monoisotopic (exact) mass is 447 g/mol. The van der Waals surface area contributed by atoms with Crippen LogP contribution in [0.3, 0.4) is 0 Å². The van der Waals surface area contributed by atoms with E-state index >= 15 is 0 Å². The summed E-state index contributed by atoms with van der Waals surface area (Å²) < 4.78 is 14.4. The molecule has 0 heterocycles. The Morgan fingerprint density at radius 1 is 1.07 bits per heavy atom. The van der Waals surface area contributed by atoms with Crippen LogP contribution in [-0.2, 0) is 18.8 Å². The molecule has 5 nitrogen and oxygen atoms in total. The molecular weight excluding hydrogens is 433 g/mol. The van der Waals surface area contributed by atoms with Crippen molar-refractivity contribution in [2.75, 3.05) is 6.61 Å². The molecule has 1 atom stereocenters. The number of amides is 1. The van der Waals surface area contributed by atoms with Gasteiger partial charge in [0.2, 0.25) is 14.5 Å². The Morgan fingerprint density at radius 3 is 1.96 bits per heavy atom. The Hall–Kier alpha value is -1.60. The second-order valence-electron chi connectivity index (χ2n) is 5.68. The molecule has 1 unspecified atom stereocenters. The van der Waals surface area contributed by atoms with Gasteiger partial charge in [0.05, 0.1) is 0 Å². The fourth-order valence-corrected chi connectivity index (χ4v) is 2.93. The van der Waals surface area contributed by atoms with Crippen molar-refractivity contribution in [3.05, 3.63) is 59.7 Å². The lowest BCUT2D eigenvalue weighted by Crippen LogP contribution is -2.37. The first-order valence-corrected chi connectivity index (χ1v) is 11.0. The summed E-state index contributed by atoms with van der Waals surface area (Å²) in [7, 11) is 7.36. The SMILES string of the molecule is CC(NC(=O)OCC1c2ccccc2-c2ccccc21)C(=O)Cl.O=S(Cl)Cl. The number of alkyl carbamates (subject to hydrolysis) is 1. The van der Waals surface area contributed by atoms with Gasteiger partial charge in [-0.05, 0) is 40.8 Å². The quantitative estimate of drug-likeness (QED) is 0.687. The van der Waals surface area contributed by atoms with Crippen molar-refractivity contribution in [2.24, 2.45) is 0 Å². The smallest absolute Gasteiger partial charge is 0.407 e. The zero-order valence-electron chi connectivity index (χ0n) is 14.2. The number of hydrogen-bond donors (Lipinski definition) is 1. The standard InChI is InChI=1S/C18H16ClNO3.Cl2OS/c1-11(17(19)21)20-18(22)23-10-16-14-8-4-2-6-12(14)13-7-3-5-9-15(13)16;1-4(2)3/h2-9,11,16H,10H2,1H3,(H,20,22);. The normalized spacial score (nSPS) is 13.1. The average Bonchev–Trinajstić information content (AvgIpc) is 2.93. The Morgan fingerprint density at radius 2 is 1.52 bits per heavy atom. The molecule has 27 heavy (non-hydrogen) atoms. The summed E-state index contributed by atoms with van der Waals surface area (Å²) in [5, 5.41) is 1.78. The van der Waals surface area contributed by atoms with Gasteiger partial charge in [0, 0.05) is 27.3 Å². The van der Waals surface area contributed by atoms with Crippen molar-refractivity contribution in [1.29, 1.82) is 0 Å². The predicted molar refractivity (Wildman–Crippen MR) is 108 cm³/mol. The first-order valence-electron chi connectivity index (χ1n) is 7.86. The Kier molecular flexibility index (Phi) is 8.10. The highest BCUT2D eigenvalue weighted by atomic mass is 36.0. The van der Waals surface area contributed by atoms with Gasteiger partial charge >= 0.3 is 6.09 Å². The van der Waals surface area contributed by atoms with Crippen LogP contribution in [0.5, 0.6) is 0 Å². The van der Waals surface area contributed by atoms with Crippen molar-refractivity contribution in [2.45, 2.75) is 18.9 Å². The van der Waals surface area contributed by atoms with Crippen molar-refractivity contribution in [3.8, 4) is 11.1 Å². The van der Waals surface area contributed by atoms with Crippen LogP contribution in [0.25, 0.3) is 11.1 Å². The van der Waals surface area contributed by atoms with E-state index in [-0.39, 0.29) is 12.5 Å². The number of carbonyl (C=O) groups excluding carboxylic acids is 2. The molecule has 0 saturated carbocycles. The molecule has 0 aliphatic heterocycles. The zero-order valence-corrected chi connectivity index (χ0v) is 17.2. The van der Waals surface area contributed by atoms with Crippen LogP contribution in [-0.4, -0.2) is 28.2 Å². The van der Waals surface area contributed by atoms with Crippen LogP contribution < -0.4 is 5.32 Å². The molecule has 1 aliphatic rings. The van der Waals surface area contributed by atoms with Crippen LogP contribution >= 0.6 is 33.0 Å². The lowest BCUT2D eigenvalue weighted by atomic mass is 9.98. The molecule has 144 valence electrons. The Balaban J connectivity index is 0.000000596. The van der Waals surface area contributed by atoms with E-state index in [0.717, 1.165) is 11.1 Å². The second-order valence-corrected chi connectivity index (χ2v) is 8.58. The maximum atomic E-state index is 11.8. The largest absolute Gasteiger partial charge is 0.449 e. The average molecular weight is 449 g/mol. The predicted octanol–water partition coefficient (Wildman–Crippen LogP) is 4.72. The number of fused-ring (bicyclic) bond motifs is 3. The molecule has 2 aromatic carbocycles. The number of carbonyl (C=O) groups is 2. The van der Waals surface area contributed by atoms with E-state index in [1.807, 2.05) is 36.4 Å². The number of rotatable bonds is 4. The summed E-state index contributed by atoms with van der Waals surface area (Å²) in [6.45, 7) is 1.72. The summed E-state index contributed by atoms with van der Waals surface area (Å²) in [4.78, 5) is 22.8. The van der Waals surface area contributed by atoms with Gasteiger partial charge in [-0.3, -0.25) is 4.79 Å². The summed E-state index contributed by atoms with van der Waals surface area (Å²) in [5.74, 6) is -0.00448. The van der Waals surface area contributed by atoms with Crippen LogP contribution in [0.1, 0.15) is 24.0 Å². The van der Waals surface area contributed by atoms with Gasteiger partial charge in [0.25, 0.3) is 0 Å². The first-order chi connectivity index (χ1) is 12.8. The lowest BCUT2D eigenvalue weighted by Gasteiger charge is -2.15. The van der Waals surface area contributed by atoms with Gasteiger partial charge in [-0.25, -0.2) is 9.00 Å². The third-order valence-corrected chi connectivity index (χ3v) is 4.35. The molecule has 0 saturated heterocycles. The van der Waals surface area contributed by atoms with Crippen molar-refractivity contribution < 1.29 is 18.5 Å². The zero-order chi connectivity index (χ0) is 20.0. The maximum Gasteiger partial charge on any atom is 0.407 e. The Bertz CT molecular complexity index is 813. The molecule has 0 spiro atoms. The van der Waals surface area contributed by atoms with Crippen molar-refractivity contribution >= 4 is 53.5 Å². The van der Waals surface area contributed by atoms with Gasteiger partial charge in [0.15, 0.2) is 0 Å². The van der Waals surface area contributed by atoms with Gasteiger partial charge in [-0.1, -0.05) is 48.5 Å². The van der Waals surface area contributed by atoms with E-state index in [1.165, 1.54) is 18.1 Å². The number of nitrogens with one attached hydrogen (secondary N) is 1. The minimum atomic E-state index is -1.67. The molecule has 3 rings (SSSR count). The highest BCUT2D eigenvalue weighted by molar-refractivity contribution is 8.26. The molecule has 1 amide bonds. The van der Waals surface area contributed by atoms with E-state index in [4.69, 9.17) is 20.5 Å². The molecule has 9 heteroatoms. The topological polar surface area (TPSA) is 72.5 Å². The summed E-state index contributed by atoms with van der Waals surface area (Å²) >= 11 is 5.32. The fourth-order valence-electron chi connectivity index (χ4n) is 2.87. The Labute approximate surface area is 173 Å². The highest BCUT2D eigenvalue weighted by Gasteiger charge is 2.29. The number of benzene rings is 2. The minimum absolute atomic E-state index is 0.00448. The van der Waals surface area contributed by atoms with E-state index in [0.29, 0.717) is 0 Å². The second kappa shape index (κ2) is 10.1. The van der Waals surface area contributed by atoms with Gasteiger partial charge in [-0.2, -0.15) is 0 Å². The number of halogens is 3. The molecule has 0 aromatic heterocycles. The molecule has 0 bridgehead atoms. The van der Waals surface area contributed by atoms with Crippen LogP contribution in [0.4, 0.5) is 4.79 Å². The van der Waals surface area contributed by atoms with Gasteiger partial charge < -0.3 is 10.1 Å². The van der Waals surface area contributed by atoms with E-state index in [2.05, 4.69) is 38.8 Å². The molecular formula is C18H16Cl3NO4S. The third kappa shape index (κ3) is 5.94. The third-order valence-electron chi connectivity index (χ3n) is 4.02. The van der Waals surface area contributed by atoms with E-state index < -0.39 is 26.6 Å². The van der Waals surface area contributed by atoms with Crippen molar-refractivity contribution in [1.82, 2.24) is 5.32 Å². The molecule has 2 aromatic rings. The van der Waals surface area contributed by atoms with E-state index in [1.54, 1.807) is 0 Å². The summed E-state index contributed by atoms with van der Waals surface area (Å²) in [5.41, 5.74) is 4.62. The van der Waals surface area contributed by atoms with Crippen LogP contribution in [0.15, 0.2) is 48.5 Å². The fraction of sp³-hybridized carbons (Fsp3) is 0.222. The molecule has 0 radical (unpaired) electrons. The highest BCUT2D eigenvalue weighted by Crippen LogP contribution is 2.44. The van der Waals surface area contributed by atoms with Crippen molar-refractivity contribution in [3.63, 3.8) is 0 Å². The molecule has 1 N–H and O–H groups in total.